The van der Waals surface area contributed by atoms with Crippen molar-refractivity contribution in [2.75, 3.05) is 26.7 Å². The van der Waals surface area contributed by atoms with Gasteiger partial charge in [0.1, 0.15) is 18.7 Å². The Bertz CT molecular complexity index is 930. The lowest BCUT2D eigenvalue weighted by Gasteiger charge is -2.31. The molecule has 0 spiro atoms. The maximum absolute atomic E-state index is 12.7. The van der Waals surface area contributed by atoms with Crippen LogP contribution in [0.3, 0.4) is 0 Å². The molecule has 160 valence electrons. The predicted molar refractivity (Wildman–Crippen MR) is 96.1 cm³/mol. The summed E-state index contributed by atoms with van der Waals surface area (Å²) in [5.74, 6) is 0.0184. The number of nitrogens with one attached hydrogen (secondary N) is 1. The first-order chi connectivity index (χ1) is 13.8. The number of aromatic nitrogens is 2. The van der Waals surface area contributed by atoms with E-state index in [-0.39, 0.29) is 25.5 Å². The zero-order chi connectivity index (χ0) is 21.2. The summed E-state index contributed by atoms with van der Waals surface area (Å²) in [7, 11) is -3.44. The number of hydroxylamine groups is 2. The van der Waals surface area contributed by atoms with Crippen molar-refractivity contribution in [2.24, 2.45) is 16.0 Å². The summed E-state index contributed by atoms with van der Waals surface area (Å²) in [5, 5.41) is 23.8. The molecule has 1 saturated heterocycles. The zero-order valence-electron chi connectivity index (χ0n) is 15.2. The van der Waals surface area contributed by atoms with Crippen LogP contribution in [0.15, 0.2) is 16.5 Å². The Morgan fingerprint density at radius 2 is 2.31 bits per heavy atom. The number of carbonyl (C=O) groups excluding carboxylic acids is 1. The number of carbonyl (C=O) groups is 1. The van der Waals surface area contributed by atoms with Crippen LogP contribution in [0.25, 0.3) is 0 Å². The number of hydrogen-bond acceptors (Lipinski definition) is 10. The molecule has 16 heteroatoms. The highest BCUT2D eigenvalue weighted by molar-refractivity contribution is 7.80. The minimum absolute atomic E-state index is 0.0184. The Kier molecular flexibility index (Phi) is 5.87. The quantitative estimate of drug-likeness (QED) is 0.0928. The third-order valence-corrected chi connectivity index (χ3v) is 4.69. The first-order valence-electron chi connectivity index (χ1n) is 8.38. The molecule has 2 bridgehead atoms. The Morgan fingerprint density at radius 3 is 2.93 bits per heavy atom. The van der Waals surface area contributed by atoms with E-state index in [1.807, 2.05) is 0 Å². The number of fused-ring (bicyclic) bond motifs is 4. The van der Waals surface area contributed by atoms with E-state index in [9.17, 15) is 18.4 Å². The fraction of sp³-hybridized carbons (Fsp3) is 0.538. The van der Waals surface area contributed by atoms with E-state index >= 15 is 0 Å². The van der Waals surface area contributed by atoms with Gasteiger partial charge in [0.25, 0.3) is 0 Å². The molecular weight excluding hydrogens is 412 g/mol. The standard InChI is InChI=1S/C13H20N8O7S/c1-15-12(18-23)11-10-8(6-16-20(10)4-3-17-27-5-2-14)9-7-19(11)13(22)21(9)28-29(24,25)26/h3,6,9,11,23H,2,4-5,7,14H2,1H3,(H,15,18)(H,24,25,26)/b17-3+. The average Bonchev–Trinajstić information content (AvgIpc) is 3.20. The molecular formula is C13H20N8O7S. The van der Waals surface area contributed by atoms with Crippen LogP contribution in [0.5, 0.6) is 0 Å². The summed E-state index contributed by atoms with van der Waals surface area (Å²) in [6.07, 6.45) is 2.86. The van der Waals surface area contributed by atoms with Crippen LogP contribution in [-0.4, -0.2) is 82.7 Å². The van der Waals surface area contributed by atoms with Crippen LogP contribution in [-0.2, 0) is 26.1 Å². The van der Waals surface area contributed by atoms with E-state index < -0.39 is 28.5 Å². The second-order valence-corrected chi connectivity index (χ2v) is 7.00. The smallest absolute Gasteiger partial charge is 0.409 e. The highest BCUT2D eigenvalue weighted by Crippen LogP contribution is 2.44. The summed E-state index contributed by atoms with van der Waals surface area (Å²) in [6, 6.07) is -2.61. The Hall–Kier alpha value is -2.95. The van der Waals surface area contributed by atoms with E-state index in [0.717, 1.165) is 0 Å². The van der Waals surface area contributed by atoms with E-state index in [0.29, 0.717) is 22.9 Å². The summed E-state index contributed by atoms with van der Waals surface area (Å²) in [6.45, 7) is 0.708. The van der Waals surface area contributed by atoms with Crippen LogP contribution in [0.4, 0.5) is 4.79 Å². The first-order valence-corrected chi connectivity index (χ1v) is 9.74. The molecule has 2 aliphatic heterocycles. The Balaban J connectivity index is 2.00. The fourth-order valence-corrected chi connectivity index (χ4v) is 3.64. The SMILES string of the molecule is CN/C(=N\O)C1c2c(cnn2C/C=N/OCCN)C2CN1C(=O)N2OS(=O)(=O)O. The van der Waals surface area contributed by atoms with Crippen molar-refractivity contribution in [3.63, 3.8) is 0 Å². The number of oxime groups is 2. The lowest BCUT2D eigenvalue weighted by atomic mass is 9.97. The fourth-order valence-electron chi connectivity index (χ4n) is 3.27. The van der Waals surface area contributed by atoms with Crippen LogP contribution in [0, 0.1) is 0 Å². The van der Waals surface area contributed by atoms with Crippen LogP contribution >= 0.6 is 0 Å². The second-order valence-electron chi connectivity index (χ2n) is 5.99. The third-order valence-electron chi connectivity index (χ3n) is 4.34. The highest BCUT2D eigenvalue weighted by Gasteiger charge is 2.53. The molecule has 1 fully saturated rings. The molecule has 29 heavy (non-hydrogen) atoms. The van der Waals surface area contributed by atoms with Crippen LogP contribution < -0.4 is 11.1 Å². The van der Waals surface area contributed by atoms with Gasteiger partial charge in [-0.3, -0.25) is 9.23 Å². The molecule has 2 aliphatic rings. The van der Waals surface area contributed by atoms with Gasteiger partial charge in [0.15, 0.2) is 5.84 Å². The van der Waals surface area contributed by atoms with E-state index in [1.54, 1.807) is 0 Å². The van der Waals surface area contributed by atoms with Crippen molar-refractivity contribution in [3.8, 4) is 0 Å². The highest BCUT2D eigenvalue weighted by atomic mass is 32.3. The summed E-state index contributed by atoms with van der Waals surface area (Å²) >= 11 is 0. The molecule has 2 amide bonds. The predicted octanol–water partition coefficient (Wildman–Crippen LogP) is -1.58. The molecule has 0 radical (unpaired) electrons. The minimum atomic E-state index is -4.94. The van der Waals surface area contributed by atoms with Gasteiger partial charge in [-0.15, -0.1) is 4.28 Å². The van der Waals surface area contributed by atoms with Crippen molar-refractivity contribution in [1.82, 2.24) is 25.1 Å². The van der Waals surface area contributed by atoms with Crippen molar-refractivity contribution >= 4 is 28.5 Å². The average molecular weight is 432 g/mol. The summed E-state index contributed by atoms with van der Waals surface area (Å²) < 4.78 is 37.3. The third kappa shape index (κ3) is 3.95. The second kappa shape index (κ2) is 8.19. The van der Waals surface area contributed by atoms with Crippen molar-refractivity contribution in [3.05, 3.63) is 17.5 Å². The van der Waals surface area contributed by atoms with Gasteiger partial charge in [-0.25, -0.2) is 4.79 Å². The van der Waals surface area contributed by atoms with E-state index in [1.165, 1.54) is 29.0 Å². The monoisotopic (exact) mass is 432 g/mol. The van der Waals surface area contributed by atoms with Crippen molar-refractivity contribution in [1.29, 1.82) is 0 Å². The number of amides is 2. The van der Waals surface area contributed by atoms with Crippen LogP contribution in [0.1, 0.15) is 23.3 Å². The Morgan fingerprint density at radius 1 is 1.55 bits per heavy atom. The molecule has 5 N–H and O–H groups in total. The summed E-state index contributed by atoms with van der Waals surface area (Å²) in [4.78, 5) is 18.9. The molecule has 0 saturated carbocycles. The van der Waals surface area contributed by atoms with Crippen molar-refractivity contribution < 1.29 is 32.1 Å². The van der Waals surface area contributed by atoms with Gasteiger partial charge in [0, 0.05) is 19.2 Å². The topological polar surface area (TPSA) is 197 Å². The van der Waals surface area contributed by atoms with Crippen molar-refractivity contribution in [2.45, 2.75) is 18.6 Å². The molecule has 1 aromatic heterocycles. The minimum Gasteiger partial charge on any atom is -0.409 e. The number of rotatable bonds is 8. The number of amidine groups is 1. The van der Waals surface area contributed by atoms with Gasteiger partial charge in [-0.05, 0) is 0 Å². The van der Waals surface area contributed by atoms with Gasteiger partial charge in [-0.2, -0.15) is 18.6 Å². The van der Waals surface area contributed by atoms with E-state index in [2.05, 4.69) is 25.0 Å². The first kappa shape index (κ1) is 20.8. The van der Waals surface area contributed by atoms with Crippen LogP contribution in [0.2, 0.25) is 0 Å². The molecule has 2 unspecified atom stereocenters. The van der Waals surface area contributed by atoms with E-state index in [4.69, 9.17) is 15.1 Å². The number of urea groups is 1. The molecule has 0 aliphatic carbocycles. The molecule has 2 atom stereocenters. The van der Waals surface area contributed by atoms with Gasteiger partial charge >= 0.3 is 16.4 Å². The maximum atomic E-state index is 12.7. The number of nitrogens with two attached hydrogens (primary N) is 1. The Labute approximate surface area is 165 Å². The van der Waals surface area contributed by atoms with Gasteiger partial charge in [0.05, 0.1) is 31.2 Å². The lowest BCUT2D eigenvalue weighted by molar-refractivity contribution is -0.0316. The molecule has 3 heterocycles. The molecule has 3 rings (SSSR count). The van der Waals surface area contributed by atoms with Gasteiger partial charge in [-0.1, -0.05) is 10.3 Å². The summed E-state index contributed by atoms with van der Waals surface area (Å²) in [5.41, 5.74) is 6.21. The van der Waals surface area contributed by atoms with Gasteiger partial charge in [0.2, 0.25) is 0 Å². The molecule has 0 aromatic carbocycles. The molecule has 15 nitrogen and oxygen atoms in total. The largest absolute Gasteiger partial charge is 0.418 e. The normalized spacial score (nSPS) is 21.8. The zero-order valence-corrected chi connectivity index (χ0v) is 16.1. The number of likely N-dealkylation sites (N-methyl/N-ethyl adjacent to an activating group) is 1. The van der Waals surface area contributed by atoms with Gasteiger partial charge < -0.3 is 26.0 Å². The maximum Gasteiger partial charge on any atom is 0.418 e. The molecule has 1 aromatic rings. The number of nitrogens with zero attached hydrogens (tertiary/aromatic N) is 6. The number of hydrogen-bond donors (Lipinski definition) is 4. The lowest BCUT2D eigenvalue weighted by Crippen LogP contribution is -2.43.